The molecule has 0 atom stereocenters. The van der Waals surface area contributed by atoms with Gasteiger partial charge in [-0.15, -0.1) is 0 Å². The first-order valence-corrected chi connectivity index (χ1v) is 8.40. The van der Waals surface area contributed by atoms with Gasteiger partial charge in [-0.05, 0) is 36.2 Å². The number of nitrogens with zero attached hydrogens (tertiary/aromatic N) is 3. The number of carbonyl (C=O) groups is 2. The molecule has 0 unspecified atom stereocenters. The summed E-state index contributed by atoms with van der Waals surface area (Å²) in [5.41, 5.74) is 2.24. The lowest BCUT2D eigenvalue weighted by Crippen LogP contribution is -2.48. The lowest BCUT2D eigenvalue weighted by molar-refractivity contribution is -0.120. The molecule has 26 heavy (non-hydrogen) atoms. The fourth-order valence-electron chi connectivity index (χ4n) is 2.71. The summed E-state index contributed by atoms with van der Waals surface area (Å²) >= 11 is 0. The number of pyridine rings is 1. The Morgan fingerprint density at radius 2 is 2.08 bits per heavy atom. The van der Waals surface area contributed by atoms with Crippen molar-refractivity contribution in [3.63, 3.8) is 0 Å². The van der Waals surface area contributed by atoms with Crippen LogP contribution in [0.2, 0.25) is 0 Å². The van der Waals surface area contributed by atoms with E-state index >= 15 is 0 Å². The van der Waals surface area contributed by atoms with Crippen molar-refractivity contribution < 1.29 is 9.59 Å². The third-order valence-electron chi connectivity index (χ3n) is 4.12. The van der Waals surface area contributed by atoms with Crippen LogP contribution in [0.15, 0.2) is 42.6 Å². The molecule has 1 aliphatic rings. The number of nitriles is 1. The highest BCUT2D eigenvalue weighted by molar-refractivity contribution is 5.90. The first kappa shape index (κ1) is 17.4. The Morgan fingerprint density at radius 1 is 1.27 bits per heavy atom. The number of carbonyl (C=O) groups excluding carboxylic acids is 2. The van der Waals surface area contributed by atoms with Crippen LogP contribution >= 0.6 is 0 Å². The van der Waals surface area contributed by atoms with E-state index in [4.69, 9.17) is 5.26 Å². The van der Waals surface area contributed by atoms with E-state index in [1.807, 2.05) is 17.0 Å². The number of nitrogens with one attached hydrogen (secondary N) is 2. The zero-order chi connectivity index (χ0) is 18.4. The maximum absolute atomic E-state index is 12.1. The summed E-state index contributed by atoms with van der Waals surface area (Å²) in [7, 11) is 0. The number of piperazine rings is 1. The molecule has 2 N–H and O–H groups in total. The van der Waals surface area contributed by atoms with E-state index in [2.05, 4.69) is 21.7 Å². The number of amides is 2. The van der Waals surface area contributed by atoms with Gasteiger partial charge in [-0.1, -0.05) is 12.1 Å². The normalized spacial score (nSPS) is 13.7. The Kier molecular flexibility index (Phi) is 5.44. The van der Waals surface area contributed by atoms with Gasteiger partial charge in [-0.25, -0.2) is 4.98 Å². The van der Waals surface area contributed by atoms with Crippen molar-refractivity contribution in [2.24, 2.45) is 0 Å². The van der Waals surface area contributed by atoms with E-state index in [0.717, 1.165) is 17.9 Å². The number of hydrogen-bond acceptors (Lipinski definition) is 5. The molecule has 1 aromatic carbocycles. The van der Waals surface area contributed by atoms with Crippen LogP contribution in [0.25, 0.3) is 0 Å². The number of anilines is 2. The summed E-state index contributed by atoms with van der Waals surface area (Å²) < 4.78 is 0. The highest BCUT2D eigenvalue weighted by atomic mass is 16.2. The highest BCUT2D eigenvalue weighted by Gasteiger charge is 2.17. The van der Waals surface area contributed by atoms with E-state index in [1.165, 1.54) is 0 Å². The van der Waals surface area contributed by atoms with Crippen molar-refractivity contribution in [1.82, 2.24) is 10.3 Å². The summed E-state index contributed by atoms with van der Waals surface area (Å²) in [5, 5.41) is 14.4. The molecule has 0 spiro atoms. The average Bonchev–Trinajstić information content (AvgIpc) is 2.67. The van der Waals surface area contributed by atoms with Crippen LogP contribution in [-0.2, 0) is 16.0 Å². The highest BCUT2D eigenvalue weighted by Crippen LogP contribution is 2.15. The zero-order valence-electron chi connectivity index (χ0n) is 14.2. The molecule has 7 nitrogen and oxygen atoms in total. The SMILES string of the molecule is N#Cc1ccc(CCC(=O)Nc2ccc(N3CCNC(=O)C3)nc2)cc1. The van der Waals surface area contributed by atoms with Gasteiger partial charge in [0.05, 0.1) is 30.1 Å². The first-order chi connectivity index (χ1) is 12.6. The third-order valence-corrected chi connectivity index (χ3v) is 4.12. The molecule has 1 fully saturated rings. The van der Waals surface area contributed by atoms with Crippen molar-refractivity contribution in [2.75, 3.05) is 29.9 Å². The Hall–Kier alpha value is -3.40. The predicted octanol–water partition coefficient (Wildman–Crippen LogP) is 1.46. The van der Waals surface area contributed by atoms with Crippen molar-refractivity contribution in [3.05, 3.63) is 53.7 Å². The van der Waals surface area contributed by atoms with Gasteiger partial charge in [0.2, 0.25) is 11.8 Å². The molecule has 0 bridgehead atoms. The number of aromatic nitrogens is 1. The molecule has 1 saturated heterocycles. The van der Waals surface area contributed by atoms with Crippen LogP contribution in [-0.4, -0.2) is 36.4 Å². The Labute approximate surface area is 151 Å². The van der Waals surface area contributed by atoms with Gasteiger partial charge in [0.25, 0.3) is 0 Å². The molecular formula is C19H19N5O2. The van der Waals surface area contributed by atoms with E-state index < -0.39 is 0 Å². The summed E-state index contributed by atoms with van der Waals surface area (Å²) in [6.45, 7) is 1.62. The number of hydrogen-bond donors (Lipinski definition) is 2. The topological polar surface area (TPSA) is 98.1 Å². The van der Waals surface area contributed by atoms with Crippen LogP contribution in [0.5, 0.6) is 0 Å². The molecule has 2 heterocycles. The van der Waals surface area contributed by atoms with Gasteiger partial charge >= 0.3 is 0 Å². The van der Waals surface area contributed by atoms with Gasteiger partial charge in [-0.3, -0.25) is 9.59 Å². The second-order valence-electron chi connectivity index (χ2n) is 6.03. The van der Waals surface area contributed by atoms with E-state index in [0.29, 0.717) is 37.2 Å². The first-order valence-electron chi connectivity index (χ1n) is 8.40. The summed E-state index contributed by atoms with van der Waals surface area (Å²) in [6.07, 6.45) is 2.55. The second kappa shape index (κ2) is 8.12. The molecule has 0 radical (unpaired) electrons. The Balaban J connectivity index is 1.51. The minimum absolute atomic E-state index is 0.0155. The number of benzene rings is 1. The minimum atomic E-state index is -0.0961. The average molecular weight is 349 g/mol. The van der Waals surface area contributed by atoms with Gasteiger partial charge in [0.1, 0.15) is 5.82 Å². The number of aryl methyl sites for hydroxylation is 1. The van der Waals surface area contributed by atoms with Crippen LogP contribution in [0.3, 0.4) is 0 Å². The fraction of sp³-hybridized carbons (Fsp3) is 0.263. The van der Waals surface area contributed by atoms with Crippen LogP contribution in [0, 0.1) is 11.3 Å². The molecule has 2 aromatic rings. The molecule has 132 valence electrons. The summed E-state index contributed by atoms with van der Waals surface area (Å²) in [5.74, 6) is 0.606. The molecule has 0 saturated carbocycles. The monoisotopic (exact) mass is 349 g/mol. The van der Waals surface area contributed by atoms with E-state index in [1.54, 1.807) is 30.5 Å². The smallest absolute Gasteiger partial charge is 0.239 e. The summed E-state index contributed by atoms with van der Waals surface area (Å²) in [4.78, 5) is 29.7. The Bertz CT molecular complexity index is 825. The Morgan fingerprint density at radius 3 is 2.73 bits per heavy atom. The van der Waals surface area contributed by atoms with Crippen LogP contribution in [0.1, 0.15) is 17.5 Å². The molecule has 0 aliphatic carbocycles. The van der Waals surface area contributed by atoms with Crippen molar-refractivity contribution in [2.45, 2.75) is 12.8 Å². The fourth-order valence-corrected chi connectivity index (χ4v) is 2.71. The maximum Gasteiger partial charge on any atom is 0.239 e. The van der Waals surface area contributed by atoms with Crippen molar-refractivity contribution in [3.8, 4) is 6.07 Å². The zero-order valence-corrected chi connectivity index (χ0v) is 14.2. The molecule has 1 aliphatic heterocycles. The predicted molar refractivity (Wildman–Crippen MR) is 97.6 cm³/mol. The maximum atomic E-state index is 12.1. The van der Waals surface area contributed by atoms with E-state index in [9.17, 15) is 9.59 Å². The largest absolute Gasteiger partial charge is 0.353 e. The van der Waals surface area contributed by atoms with Gasteiger partial charge in [0.15, 0.2) is 0 Å². The standard InChI is InChI=1S/C19H19N5O2/c20-11-15-3-1-14(2-4-15)5-8-18(25)23-16-6-7-17(22-12-16)24-10-9-21-19(26)13-24/h1-4,6-7,12H,5,8-10,13H2,(H,21,26)(H,23,25). The third kappa shape index (κ3) is 4.57. The van der Waals surface area contributed by atoms with E-state index in [-0.39, 0.29) is 11.8 Å². The molecular weight excluding hydrogens is 330 g/mol. The van der Waals surface area contributed by atoms with Gasteiger partial charge in [-0.2, -0.15) is 5.26 Å². The molecule has 2 amide bonds. The number of rotatable bonds is 5. The van der Waals surface area contributed by atoms with Crippen molar-refractivity contribution >= 4 is 23.3 Å². The van der Waals surface area contributed by atoms with Gasteiger partial charge in [0, 0.05) is 19.5 Å². The second-order valence-corrected chi connectivity index (χ2v) is 6.03. The molecule has 3 rings (SSSR count). The van der Waals surface area contributed by atoms with Crippen molar-refractivity contribution in [1.29, 1.82) is 5.26 Å². The lowest BCUT2D eigenvalue weighted by Gasteiger charge is -2.27. The molecule has 1 aromatic heterocycles. The minimum Gasteiger partial charge on any atom is -0.353 e. The molecule has 7 heteroatoms. The van der Waals surface area contributed by atoms with Crippen LogP contribution in [0.4, 0.5) is 11.5 Å². The quantitative estimate of drug-likeness (QED) is 0.852. The van der Waals surface area contributed by atoms with Gasteiger partial charge < -0.3 is 15.5 Å². The summed E-state index contributed by atoms with van der Waals surface area (Å²) in [6, 6.07) is 12.9. The van der Waals surface area contributed by atoms with Crippen LogP contribution < -0.4 is 15.5 Å². The lowest BCUT2D eigenvalue weighted by atomic mass is 10.1.